The summed E-state index contributed by atoms with van der Waals surface area (Å²) in [5, 5.41) is 16.9. The zero-order chi connectivity index (χ0) is 41.8. The Hall–Kier alpha value is -2.38. The Morgan fingerprint density at radius 3 is 2.09 bits per heavy atom. The number of esters is 1. The van der Waals surface area contributed by atoms with Crippen molar-refractivity contribution in [2.75, 3.05) is 6.61 Å². The van der Waals surface area contributed by atoms with Crippen molar-refractivity contribution in [2.45, 2.75) is 155 Å². The van der Waals surface area contributed by atoms with E-state index < -0.39 is 75.6 Å². The number of thiazole rings is 1. The van der Waals surface area contributed by atoms with Gasteiger partial charge >= 0.3 is 18.2 Å². The number of rotatable bonds is 18. The first kappa shape index (κ1) is 49.6. The molecule has 0 bridgehead atoms. The lowest BCUT2D eigenvalue weighted by Gasteiger charge is -2.36. The normalized spacial score (nSPS) is 16.1. The lowest BCUT2D eigenvalue weighted by atomic mass is 9.73. The summed E-state index contributed by atoms with van der Waals surface area (Å²) < 4.78 is 19.7. The van der Waals surface area contributed by atoms with Gasteiger partial charge in [-0.05, 0) is 106 Å². The van der Waals surface area contributed by atoms with E-state index in [1.807, 2.05) is 59.9 Å². The van der Waals surface area contributed by atoms with E-state index in [0.29, 0.717) is 25.7 Å². The Morgan fingerprint density at radius 2 is 1.57 bits per heavy atom. The second kappa shape index (κ2) is 21.2. The third-order valence-electron chi connectivity index (χ3n) is 8.49. The molecule has 0 saturated heterocycles. The van der Waals surface area contributed by atoms with E-state index in [0.717, 1.165) is 21.8 Å². The van der Waals surface area contributed by atoms with Gasteiger partial charge in [-0.15, -0.1) is 11.3 Å². The minimum Gasteiger partial charge on any atom is -0.460 e. The molecule has 5 atom stereocenters. The number of hydrogen-bond donors (Lipinski definition) is 2. The van der Waals surface area contributed by atoms with E-state index in [1.54, 1.807) is 39.0 Å². The fourth-order valence-electron chi connectivity index (χ4n) is 5.57. The van der Waals surface area contributed by atoms with Gasteiger partial charge < -0.3 is 29.4 Å². The SMILES string of the molecule is C/C(=C/C[C@H](NC(=O)OC(C)(C)C)/C(C)=C/c1csc(C)n1)CCCC(C)[C@H](OC(=O)OCC(Cl)(Cl)Cl)C(C)C(=O)C(C)(C)C(O)CC(=O)OC(C)(C)C. The Labute approximate surface area is 340 Å². The van der Waals surface area contributed by atoms with Gasteiger partial charge in [-0.1, -0.05) is 74.1 Å². The van der Waals surface area contributed by atoms with Crippen LogP contribution in [-0.2, 0) is 28.5 Å². The first-order valence-electron chi connectivity index (χ1n) is 18.1. The molecule has 308 valence electrons. The molecular formula is C39H61Cl3N2O9S. The van der Waals surface area contributed by atoms with Gasteiger partial charge in [0.2, 0.25) is 3.79 Å². The highest BCUT2D eigenvalue weighted by Gasteiger charge is 2.44. The summed E-state index contributed by atoms with van der Waals surface area (Å²) in [4.78, 5) is 56.4. The molecule has 1 aromatic heterocycles. The average molecular weight is 840 g/mol. The fraction of sp³-hybridized carbons (Fsp3) is 0.718. The molecule has 0 fully saturated rings. The number of ether oxygens (including phenoxy) is 4. The summed E-state index contributed by atoms with van der Waals surface area (Å²) in [6.07, 6.45) is 2.09. The second-order valence-corrected chi connectivity index (χ2v) is 20.0. The molecule has 1 amide bonds. The van der Waals surface area contributed by atoms with Crippen molar-refractivity contribution in [1.82, 2.24) is 10.3 Å². The maximum Gasteiger partial charge on any atom is 0.508 e. The number of alkyl carbamates (subject to hydrolysis) is 1. The van der Waals surface area contributed by atoms with Crippen molar-refractivity contribution in [2.24, 2.45) is 17.3 Å². The first-order valence-corrected chi connectivity index (χ1v) is 20.1. The molecule has 1 rings (SSSR count). The number of carbonyl (C=O) groups excluding carboxylic acids is 4. The monoisotopic (exact) mass is 838 g/mol. The molecular weight excluding hydrogens is 779 g/mol. The van der Waals surface area contributed by atoms with Crippen molar-refractivity contribution >= 4 is 76.2 Å². The molecule has 3 unspecified atom stereocenters. The van der Waals surface area contributed by atoms with Crippen molar-refractivity contribution in [3.63, 3.8) is 0 Å². The maximum atomic E-state index is 13.9. The molecule has 2 N–H and O–H groups in total. The van der Waals surface area contributed by atoms with Crippen LogP contribution in [0.1, 0.15) is 126 Å². The van der Waals surface area contributed by atoms with Crippen LogP contribution in [0.2, 0.25) is 0 Å². The molecule has 0 aromatic carbocycles. The number of aliphatic hydroxyl groups excluding tert-OH is 1. The number of ketones is 1. The number of aliphatic hydroxyl groups is 1. The highest BCUT2D eigenvalue weighted by molar-refractivity contribution is 7.09. The molecule has 1 aromatic rings. The van der Waals surface area contributed by atoms with Crippen LogP contribution in [-0.4, -0.2) is 73.9 Å². The molecule has 0 aliphatic heterocycles. The molecule has 0 spiro atoms. The third kappa shape index (κ3) is 19.5. The van der Waals surface area contributed by atoms with Gasteiger partial charge in [0.1, 0.15) is 29.7 Å². The number of alkyl halides is 3. The van der Waals surface area contributed by atoms with Crippen LogP contribution < -0.4 is 5.32 Å². The molecule has 1 heterocycles. The Morgan fingerprint density at radius 1 is 0.981 bits per heavy atom. The predicted octanol–water partition coefficient (Wildman–Crippen LogP) is 10.1. The number of Topliss-reactive ketones (excluding diaryl/α,β-unsaturated/α-hetero) is 1. The van der Waals surface area contributed by atoms with Crippen LogP contribution in [0.4, 0.5) is 9.59 Å². The Kier molecular flexibility index (Phi) is 19.5. The fourth-order valence-corrected chi connectivity index (χ4v) is 6.30. The molecule has 0 radical (unpaired) electrons. The van der Waals surface area contributed by atoms with Gasteiger partial charge in [0, 0.05) is 5.38 Å². The van der Waals surface area contributed by atoms with Crippen LogP contribution in [0, 0.1) is 24.2 Å². The quantitative estimate of drug-likeness (QED) is 0.0633. The van der Waals surface area contributed by atoms with Gasteiger partial charge in [-0.3, -0.25) is 9.59 Å². The number of carbonyl (C=O) groups is 4. The Bertz CT molecular complexity index is 1470. The van der Waals surface area contributed by atoms with Crippen molar-refractivity contribution in [3.8, 4) is 0 Å². The molecule has 0 aliphatic carbocycles. The van der Waals surface area contributed by atoms with Crippen molar-refractivity contribution in [3.05, 3.63) is 33.3 Å². The van der Waals surface area contributed by atoms with Gasteiger partial charge in [0.15, 0.2) is 0 Å². The highest BCUT2D eigenvalue weighted by Crippen LogP contribution is 2.34. The van der Waals surface area contributed by atoms with Crippen LogP contribution in [0.15, 0.2) is 22.6 Å². The number of hydrogen-bond acceptors (Lipinski definition) is 11. The maximum absolute atomic E-state index is 13.9. The van der Waals surface area contributed by atoms with E-state index in [2.05, 4.69) is 16.4 Å². The van der Waals surface area contributed by atoms with Gasteiger partial charge in [0.25, 0.3) is 0 Å². The number of aryl methyl sites for hydroxylation is 1. The molecule has 54 heavy (non-hydrogen) atoms. The smallest absolute Gasteiger partial charge is 0.460 e. The predicted molar refractivity (Wildman–Crippen MR) is 216 cm³/mol. The molecule has 0 saturated carbocycles. The summed E-state index contributed by atoms with van der Waals surface area (Å²) in [6.45, 7) is 22.4. The van der Waals surface area contributed by atoms with E-state index in [9.17, 15) is 24.3 Å². The Balaban J connectivity index is 3.14. The lowest BCUT2D eigenvalue weighted by molar-refractivity contribution is -0.160. The van der Waals surface area contributed by atoms with Crippen LogP contribution >= 0.6 is 46.1 Å². The van der Waals surface area contributed by atoms with Crippen LogP contribution in [0.25, 0.3) is 6.08 Å². The number of aromatic nitrogens is 1. The summed E-state index contributed by atoms with van der Waals surface area (Å²) >= 11 is 18.8. The topological polar surface area (TPSA) is 150 Å². The van der Waals surface area contributed by atoms with Crippen LogP contribution in [0.5, 0.6) is 0 Å². The molecule has 0 aliphatic rings. The highest BCUT2D eigenvalue weighted by atomic mass is 35.6. The zero-order valence-corrected chi connectivity index (χ0v) is 37.1. The molecule has 15 heteroatoms. The minimum atomic E-state index is -1.87. The van der Waals surface area contributed by atoms with Gasteiger partial charge in [-0.25, -0.2) is 14.6 Å². The number of allylic oxidation sites excluding steroid dienone is 1. The van der Waals surface area contributed by atoms with E-state index in [4.69, 9.17) is 53.8 Å². The zero-order valence-electron chi connectivity index (χ0n) is 34.1. The summed E-state index contributed by atoms with van der Waals surface area (Å²) in [6, 6.07) is -0.340. The van der Waals surface area contributed by atoms with Gasteiger partial charge in [-0.2, -0.15) is 0 Å². The largest absolute Gasteiger partial charge is 0.508 e. The summed E-state index contributed by atoms with van der Waals surface area (Å²) in [5.41, 5.74) is 0.00622. The number of halogens is 3. The minimum absolute atomic E-state index is 0.340. The number of amides is 1. The molecule has 11 nitrogen and oxygen atoms in total. The summed E-state index contributed by atoms with van der Waals surface area (Å²) in [7, 11) is 0. The summed E-state index contributed by atoms with van der Waals surface area (Å²) in [5.74, 6) is -2.31. The van der Waals surface area contributed by atoms with Gasteiger partial charge in [0.05, 0.1) is 40.6 Å². The van der Waals surface area contributed by atoms with E-state index >= 15 is 0 Å². The van der Waals surface area contributed by atoms with Crippen molar-refractivity contribution < 1.29 is 43.2 Å². The third-order valence-corrected chi connectivity index (χ3v) is 9.61. The number of nitrogens with one attached hydrogen (secondary N) is 1. The van der Waals surface area contributed by atoms with E-state index in [-0.39, 0.29) is 12.0 Å². The number of nitrogens with zero attached hydrogens (tertiary/aromatic N) is 1. The second-order valence-electron chi connectivity index (χ2n) is 16.5. The first-order chi connectivity index (χ1) is 24.5. The van der Waals surface area contributed by atoms with E-state index in [1.165, 1.54) is 13.8 Å². The lowest BCUT2D eigenvalue weighted by Crippen LogP contribution is -2.47. The van der Waals surface area contributed by atoms with Crippen molar-refractivity contribution in [1.29, 1.82) is 0 Å². The van der Waals surface area contributed by atoms with Crippen LogP contribution in [0.3, 0.4) is 0 Å². The average Bonchev–Trinajstić information content (AvgIpc) is 3.41. The standard InChI is InChI=1S/C39H61Cl3N2O9S/c1-23(17-18-29(44-34(48)53-37(9,10)11)25(3)19-28-21-54-27(5)43-28)15-14-16-24(2)32(51-35(49)50-22-39(40,41)42)26(4)33(47)38(12,13)30(45)20-31(46)52-36(6,7)8/h17,19,21,24,26,29-30,32,45H,14-16,18,20,22H2,1-13H3,(H,44,48)/b23-17-,25-19+/t24?,26?,29-,30?,32-/m0/s1.